The zero-order chi connectivity index (χ0) is 27.7. The molecule has 0 aliphatic carbocycles. The van der Waals surface area contributed by atoms with Crippen LogP contribution in [-0.2, 0) is 33.3 Å². The van der Waals surface area contributed by atoms with E-state index in [0.717, 1.165) is 12.8 Å². The van der Waals surface area contributed by atoms with Crippen molar-refractivity contribution in [3.8, 4) is 0 Å². The molecular formula is C22H39N3O12. The molecule has 2 aliphatic heterocycles. The molecule has 0 aromatic heterocycles. The van der Waals surface area contributed by atoms with Crippen molar-refractivity contribution < 1.29 is 58.9 Å². The van der Waals surface area contributed by atoms with Crippen LogP contribution in [0.15, 0.2) is 0 Å². The van der Waals surface area contributed by atoms with Gasteiger partial charge in [-0.05, 0) is 26.3 Å². The summed E-state index contributed by atoms with van der Waals surface area (Å²) in [5.41, 5.74) is 5.42. The predicted molar refractivity (Wildman–Crippen MR) is 124 cm³/mol. The Kier molecular flexibility index (Phi) is 12.5. The Bertz CT molecular complexity index is 758. The van der Waals surface area contributed by atoms with Crippen molar-refractivity contribution in [3.63, 3.8) is 0 Å². The van der Waals surface area contributed by atoms with Crippen LogP contribution in [0.1, 0.15) is 39.5 Å². The molecule has 0 spiro atoms. The van der Waals surface area contributed by atoms with E-state index in [-0.39, 0.29) is 19.1 Å². The Hall–Kier alpha value is -1.95. The van der Waals surface area contributed by atoms with Gasteiger partial charge in [-0.2, -0.15) is 0 Å². The predicted octanol–water partition coefficient (Wildman–Crippen LogP) is -3.47. The van der Waals surface area contributed by atoms with Gasteiger partial charge in [-0.3, -0.25) is 9.59 Å². The van der Waals surface area contributed by atoms with Gasteiger partial charge >= 0.3 is 5.97 Å². The van der Waals surface area contributed by atoms with Crippen molar-refractivity contribution in [2.24, 2.45) is 5.73 Å². The van der Waals surface area contributed by atoms with Crippen molar-refractivity contribution >= 4 is 17.8 Å². The van der Waals surface area contributed by atoms with Crippen LogP contribution >= 0.6 is 0 Å². The summed E-state index contributed by atoms with van der Waals surface area (Å²) in [4.78, 5) is 35.1. The van der Waals surface area contributed by atoms with E-state index in [1.54, 1.807) is 0 Å². The van der Waals surface area contributed by atoms with Gasteiger partial charge in [-0.1, -0.05) is 6.42 Å². The van der Waals surface area contributed by atoms with E-state index in [2.05, 4.69) is 10.6 Å². The van der Waals surface area contributed by atoms with Gasteiger partial charge in [0.1, 0.15) is 36.6 Å². The lowest BCUT2D eigenvalue weighted by atomic mass is 9.96. The summed E-state index contributed by atoms with van der Waals surface area (Å²) in [6.07, 6.45) is -11.3. The van der Waals surface area contributed by atoms with Gasteiger partial charge in [0, 0.05) is 19.9 Å². The van der Waals surface area contributed by atoms with Crippen LogP contribution in [0.25, 0.3) is 0 Å². The van der Waals surface area contributed by atoms with Crippen LogP contribution in [-0.4, -0.2) is 124 Å². The number of aliphatic hydroxyl groups excluding tert-OH is 4. The molecule has 0 saturated carbocycles. The summed E-state index contributed by atoms with van der Waals surface area (Å²) < 4.78 is 22.2. The maximum Gasteiger partial charge on any atom is 0.335 e. The molecule has 10 atom stereocenters. The Morgan fingerprint density at radius 1 is 0.946 bits per heavy atom. The fraction of sp³-hybridized carbons (Fsp3) is 0.864. The number of nitrogens with two attached hydrogens (primary N) is 1. The van der Waals surface area contributed by atoms with Crippen LogP contribution < -0.4 is 16.4 Å². The molecule has 2 heterocycles. The third kappa shape index (κ3) is 8.80. The van der Waals surface area contributed by atoms with Gasteiger partial charge in [-0.15, -0.1) is 0 Å². The minimum atomic E-state index is -1.91. The number of carbonyl (C=O) groups excluding carboxylic acids is 2. The number of nitrogens with one attached hydrogen (secondary N) is 2. The first-order valence-corrected chi connectivity index (χ1v) is 12.2. The van der Waals surface area contributed by atoms with E-state index in [1.807, 2.05) is 0 Å². The molecule has 2 fully saturated rings. The fourth-order valence-corrected chi connectivity index (χ4v) is 4.07. The van der Waals surface area contributed by atoms with Gasteiger partial charge < -0.3 is 60.8 Å². The number of unbranched alkanes of at least 4 members (excludes halogenated alkanes) is 2. The highest BCUT2D eigenvalue weighted by atomic mass is 16.7. The summed E-state index contributed by atoms with van der Waals surface area (Å²) in [6, 6.07) is -1.27. The van der Waals surface area contributed by atoms with Gasteiger partial charge in [0.2, 0.25) is 11.8 Å². The lowest BCUT2D eigenvalue weighted by molar-refractivity contribution is -0.348. The van der Waals surface area contributed by atoms with Crippen LogP contribution in [0.3, 0.4) is 0 Å². The monoisotopic (exact) mass is 537 g/mol. The fourth-order valence-electron chi connectivity index (χ4n) is 4.07. The third-order valence-electron chi connectivity index (χ3n) is 6.11. The van der Waals surface area contributed by atoms with Crippen LogP contribution in [0.2, 0.25) is 0 Å². The third-order valence-corrected chi connectivity index (χ3v) is 6.11. The molecule has 15 nitrogen and oxygen atoms in total. The summed E-state index contributed by atoms with van der Waals surface area (Å²) in [5, 5.41) is 56.0. The zero-order valence-electron chi connectivity index (χ0n) is 20.9. The number of amides is 2. The highest BCUT2D eigenvalue weighted by Crippen LogP contribution is 2.29. The topological polar surface area (TPSA) is 239 Å². The number of hydrogen-bond acceptors (Lipinski definition) is 12. The molecule has 214 valence electrons. The first kappa shape index (κ1) is 31.3. The molecule has 2 rings (SSSR count). The number of rotatable bonds is 13. The van der Waals surface area contributed by atoms with E-state index in [9.17, 15) is 39.9 Å². The average molecular weight is 538 g/mol. The maximum atomic E-state index is 11.9. The van der Waals surface area contributed by atoms with E-state index in [0.29, 0.717) is 19.4 Å². The minimum Gasteiger partial charge on any atom is -0.479 e. The molecular weight excluding hydrogens is 498 g/mol. The highest BCUT2D eigenvalue weighted by molar-refractivity contribution is 5.75. The summed E-state index contributed by atoms with van der Waals surface area (Å²) in [7, 11) is 0. The number of aliphatic carboxylic acids is 1. The van der Waals surface area contributed by atoms with Gasteiger partial charge in [0.25, 0.3) is 0 Å². The molecule has 2 saturated heterocycles. The number of carboxylic acid groups (broad SMARTS) is 1. The van der Waals surface area contributed by atoms with Crippen molar-refractivity contribution in [2.75, 3.05) is 19.7 Å². The Labute approximate surface area is 214 Å². The molecule has 0 aromatic rings. The van der Waals surface area contributed by atoms with Crippen molar-refractivity contribution in [3.05, 3.63) is 0 Å². The molecule has 9 N–H and O–H groups in total. The largest absolute Gasteiger partial charge is 0.479 e. The molecule has 0 aromatic carbocycles. The maximum absolute atomic E-state index is 11.9. The first-order valence-electron chi connectivity index (χ1n) is 12.2. The Morgan fingerprint density at radius 2 is 1.65 bits per heavy atom. The van der Waals surface area contributed by atoms with Crippen LogP contribution in [0.5, 0.6) is 0 Å². The molecule has 2 amide bonds. The Balaban J connectivity index is 2.08. The molecule has 0 bridgehead atoms. The standard InChI is InChI=1S/C22H39N3O12/c1-10-14(28)15(29)13(25-11(2)26)21(35-10)37-19-17(31)16(30)18(20(32)33)36-22(19)34-9-8-24-12(27)6-4-3-5-7-23/h10,13-19,21-22,28-31H,3-9,23H2,1-2H3,(H,24,27)(H,25,26)(H,32,33)/t10?,13-,14+,15?,16-,17?,18?,19-,21-,22+/m0/s1. The van der Waals surface area contributed by atoms with Crippen molar-refractivity contribution in [2.45, 2.75) is 101 Å². The van der Waals surface area contributed by atoms with E-state index < -0.39 is 73.2 Å². The van der Waals surface area contributed by atoms with Crippen molar-refractivity contribution in [1.29, 1.82) is 0 Å². The molecule has 4 unspecified atom stereocenters. The quantitative estimate of drug-likeness (QED) is 0.107. The van der Waals surface area contributed by atoms with E-state index >= 15 is 0 Å². The number of aliphatic hydroxyl groups is 4. The molecule has 15 heteroatoms. The highest BCUT2D eigenvalue weighted by Gasteiger charge is 2.52. The molecule has 2 aliphatic rings. The summed E-state index contributed by atoms with van der Waals surface area (Å²) in [5.74, 6) is -2.34. The minimum absolute atomic E-state index is 0.0368. The number of carbonyl (C=O) groups is 3. The second-order valence-corrected chi connectivity index (χ2v) is 9.08. The number of carboxylic acids is 1. The van der Waals surface area contributed by atoms with Gasteiger partial charge in [0.15, 0.2) is 18.7 Å². The lowest BCUT2D eigenvalue weighted by Gasteiger charge is -2.46. The first-order chi connectivity index (χ1) is 17.5. The molecule has 0 radical (unpaired) electrons. The van der Waals surface area contributed by atoms with Gasteiger partial charge in [0.05, 0.1) is 12.7 Å². The summed E-state index contributed by atoms with van der Waals surface area (Å²) >= 11 is 0. The zero-order valence-corrected chi connectivity index (χ0v) is 20.9. The van der Waals surface area contributed by atoms with Crippen molar-refractivity contribution in [1.82, 2.24) is 10.6 Å². The van der Waals surface area contributed by atoms with E-state index in [1.165, 1.54) is 13.8 Å². The van der Waals surface area contributed by atoms with Crippen LogP contribution in [0, 0.1) is 0 Å². The normalized spacial score (nSPS) is 36.1. The second kappa shape index (κ2) is 14.8. The Morgan fingerprint density at radius 3 is 2.27 bits per heavy atom. The lowest BCUT2D eigenvalue weighted by Crippen LogP contribution is -2.67. The SMILES string of the molecule is CC(=O)N[C@H]1C(O)[C@H](O)C(C)O[C@H]1O[C@H]1C(O)[C@H](O)C(C(=O)O)O[C@H]1OCCNC(=O)CCCCCN. The average Bonchev–Trinajstić information content (AvgIpc) is 2.84. The number of hydrogen-bond donors (Lipinski definition) is 8. The summed E-state index contributed by atoms with van der Waals surface area (Å²) in [6.45, 7) is 3.05. The van der Waals surface area contributed by atoms with Crippen LogP contribution in [0.4, 0.5) is 0 Å². The number of ether oxygens (including phenoxy) is 4. The molecule has 37 heavy (non-hydrogen) atoms. The van der Waals surface area contributed by atoms with Gasteiger partial charge in [-0.25, -0.2) is 4.79 Å². The van der Waals surface area contributed by atoms with E-state index in [4.69, 9.17) is 24.7 Å². The smallest absolute Gasteiger partial charge is 0.335 e. The second-order valence-electron chi connectivity index (χ2n) is 9.08.